The van der Waals surface area contributed by atoms with Gasteiger partial charge in [-0.1, -0.05) is 82.7 Å². The molecule has 0 saturated carbocycles. The minimum Gasteiger partial charge on any atom is -0.496 e. The van der Waals surface area contributed by atoms with E-state index in [9.17, 15) is 5.11 Å². The van der Waals surface area contributed by atoms with Crippen molar-refractivity contribution in [3.05, 3.63) is 112 Å². The van der Waals surface area contributed by atoms with Gasteiger partial charge in [-0.2, -0.15) is 0 Å². The van der Waals surface area contributed by atoms with Crippen molar-refractivity contribution < 1.29 is 9.84 Å². The Hall–Kier alpha value is -2.66. The number of aliphatic hydroxyl groups is 1. The summed E-state index contributed by atoms with van der Waals surface area (Å²) in [6.45, 7) is 0.746. The van der Waals surface area contributed by atoms with Gasteiger partial charge in [0.1, 0.15) is 11.4 Å². The van der Waals surface area contributed by atoms with E-state index in [-0.39, 0.29) is 5.92 Å². The average molecular weight is 504 g/mol. The molecule has 3 nitrogen and oxygen atoms in total. The number of fused-ring (bicyclic) bond motifs is 1. The molecule has 4 aromatic carbocycles. The summed E-state index contributed by atoms with van der Waals surface area (Å²) in [6.07, 6.45) is 0.573. The van der Waals surface area contributed by atoms with E-state index in [1.54, 1.807) is 7.11 Å². The van der Waals surface area contributed by atoms with Crippen molar-refractivity contribution in [1.82, 2.24) is 4.90 Å². The van der Waals surface area contributed by atoms with Crippen molar-refractivity contribution >= 4 is 26.7 Å². The van der Waals surface area contributed by atoms with Crippen LogP contribution >= 0.6 is 15.9 Å². The van der Waals surface area contributed by atoms with E-state index in [1.165, 1.54) is 0 Å². The molecule has 0 amide bonds. The van der Waals surface area contributed by atoms with Crippen molar-refractivity contribution in [2.75, 3.05) is 27.7 Å². The molecule has 0 aliphatic heterocycles. The zero-order chi connectivity index (χ0) is 23.4. The van der Waals surface area contributed by atoms with Gasteiger partial charge in [-0.05, 0) is 66.7 Å². The fourth-order valence-electron chi connectivity index (χ4n) is 4.60. The Labute approximate surface area is 204 Å². The second-order valence-electron chi connectivity index (χ2n) is 8.77. The van der Waals surface area contributed by atoms with Gasteiger partial charge in [0.05, 0.1) is 7.11 Å². The van der Waals surface area contributed by atoms with Gasteiger partial charge >= 0.3 is 0 Å². The van der Waals surface area contributed by atoms with Gasteiger partial charge in [0, 0.05) is 22.5 Å². The molecule has 4 aromatic rings. The van der Waals surface area contributed by atoms with Crippen molar-refractivity contribution in [1.29, 1.82) is 0 Å². The lowest BCUT2D eigenvalue weighted by atomic mass is 9.71. The zero-order valence-corrected chi connectivity index (χ0v) is 20.9. The van der Waals surface area contributed by atoms with E-state index in [4.69, 9.17) is 4.74 Å². The highest BCUT2D eigenvalue weighted by Crippen LogP contribution is 2.48. The first kappa shape index (κ1) is 23.5. The topological polar surface area (TPSA) is 32.7 Å². The monoisotopic (exact) mass is 503 g/mol. The molecule has 0 spiro atoms. The van der Waals surface area contributed by atoms with Crippen molar-refractivity contribution in [3.8, 4) is 5.75 Å². The number of halogens is 1. The molecule has 4 rings (SSSR count). The van der Waals surface area contributed by atoms with Gasteiger partial charge < -0.3 is 14.7 Å². The molecule has 0 radical (unpaired) electrons. The third kappa shape index (κ3) is 4.98. The molecule has 0 fully saturated rings. The Balaban J connectivity index is 2.00. The Morgan fingerprint density at radius 2 is 1.55 bits per heavy atom. The SMILES string of the molecule is COc1cc2ccc(Br)cc2cc1C(c1ccccc1)C(O)(CCN(C)C)c1ccccc1. The Bertz CT molecular complexity index is 1210. The number of methoxy groups -OCH3 is 1. The molecule has 33 heavy (non-hydrogen) atoms. The molecule has 0 aliphatic rings. The van der Waals surface area contributed by atoms with Gasteiger partial charge in [-0.25, -0.2) is 0 Å². The fourth-order valence-corrected chi connectivity index (χ4v) is 4.98. The predicted molar refractivity (Wildman–Crippen MR) is 140 cm³/mol. The number of benzene rings is 4. The molecule has 0 aliphatic carbocycles. The second-order valence-corrected chi connectivity index (χ2v) is 9.69. The second kappa shape index (κ2) is 10.1. The Morgan fingerprint density at radius 1 is 0.879 bits per heavy atom. The summed E-state index contributed by atoms with van der Waals surface area (Å²) in [6, 6.07) is 30.8. The van der Waals surface area contributed by atoms with Crippen LogP contribution in [0.15, 0.2) is 95.5 Å². The maximum Gasteiger partial charge on any atom is 0.123 e. The van der Waals surface area contributed by atoms with Crippen LogP contribution in [0, 0.1) is 0 Å². The minimum atomic E-state index is -1.14. The van der Waals surface area contributed by atoms with Crippen LogP contribution in [-0.4, -0.2) is 37.8 Å². The number of ether oxygens (including phenoxy) is 1. The van der Waals surface area contributed by atoms with Crippen LogP contribution < -0.4 is 4.74 Å². The highest BCUT2D eigenvalue weighted by atomic mass is 79.9. The first-order valence-corrected chi connectivity index (χ1v) is 12.0. The van der Waals surface area contributed by atoms with Crippen LogP contribution in [0.25, 0.3) is 10.8 Å². The largest absolute Gasteiger partial charge is 0.496 e. The van der Waals surface area contributed by atoms with Gasteiger partial charge in [0.25, 0.3) is 0 Å². The maximum atomic E-state index is 12.6. The molecule has 1 N–H and O–H groups in total. The van der Waals surface area contributed by atoms with Gasteiger partial charge in [-0.15, -0.1) is 0 Å². The third-order valence-electron chi connectivity index (χ3n) is 6.29. The highest BCUT2D eigenvalue weighted by Gasteiger charge is 2.41. The van der Waals surface area contributed by atoms with Gasteiger partial charge in [-0.3, -0.25) is 0 Å². The van der Waals surface area contributed by atoms with Crippen molar-refractivity contribution in [2.24, 2.45) is 0 Å². The predicted octanol–water partition coefficient (Wildman–Crippen LogP) is 6.58. The lowest BCUT2D eigenvalue weighted by molar-refractivity contribution is 0.00394. The van der Waals surface area contributed by atoms with Crippen molar-refractivity contribution in [2.45, 2.75) is 17.9 Å². The quantitative estimate of drug-likeness (QED) is 0.294. The summed E-state index contributed by atoms with van der Waals surface area (Å²) in [5.74, 6) is 0.456. The first-order valence-electron chi connectivity index (χ1n) is 11.2. The van der Waals surface area contributed by atoms with E-state index < -0.39 is 5.60 Å². The molecule has 0 saturated heterocycles. The summed E-state index contributed by atoms with van der Waals surface area (Å²) in [4.78, 5) is 2.12. The summed E-state index contributed by atoms with van der Waals surface area (Å²) in [5.41, 5.74) is 1.78. The molecular formula is C29H30BrNO2. The molecule has 0 bridgehead atoms. The van der Waals surface area contributed by atoms with Crippen LogP contribution in [0.5, 0.6) is 5.75 Å². The fraction of sp³-hybridized carbons (Fsp3) is 0.241. The summed E-state index contributed by atoms with van der Waals surface area (Å²) in [7, 11) is 5.78. The first-order chi connectivity index (χ1) is 15.9. The van der Waals surface area contributed by atoms with E-state index in [0.29, 0.717) is 6.42 Å². The zero-order valence-electron chi connectivity index (χ0n) is 19.3. The van der Waals surface area contributed by atoms with Crippen LogP contribution in [0.3, 0.4) is 0 Å². The van der Waals surface area contributed by atoms with E-state index in [2.05, 4.69) is 57.2 Å². The third-order valence-corrected chi connectivity index (χ3v) is 6.78. The number of hydrogen-bond donors (Lipinski definition) is 1. The van der Waals surface area contributed by atoms with E-state index >= 15 is 0 Å². The Morgan fingerprint density at radius 3 is 2.18 bits per heavy atom. The summed E-state index contributed by atoms with van der Waals surface area (Å²) in [5, 5.41) is 14.8. The van der Waals surface area contributed by atoms with Gasteiger partial charge in [0.15, 0.2) is 0 Å². The molecule has 2 unspecified atom stereocenters. The molecule has 170 valence electrons. The molecular weight excluding hydrogens is 474 g/mol. The average Bonchev–Trinajstić information content (AvgIpc) is 2.83. The summed E-state index contributed by atoms with van der Waals surface area (Å²) < 4.78 is 6.93. The minimum absolute atomic E-state index is 0.320. The normalized spacial score (nSPS) is 14.2. The molecule has 0 aromatic heterocycles. The van der Waals surface area contributed by atoms with Crippen LogP contribution in [0.2, 0.25) is 0 Å². The van der Waals surface area contributed by atoms with Crippen LogP contribution in [-0.2, 0) is 5.60 Å². The summed E-state index contributed by atoms with van der Waals surface area (Å²) >= 11 is 3.61. The maximum absolute atomic E-state index is 12.6. The Kier molecular flexibility index (Phi) is 7.18. The van der Waals surface area contributed by atoms with E-state index in [1.807, 2.05) is 68.7 Å². The number of nitrogens with zero attached hydrogens (tertiary/aromatic N) is 1. The number of rotatable bonds is 8. The lowest BCUT2D eigenvalue weighted by Crippen LogP contribution is -2.37. The molecule has 2 atom stereocenters. The van der Waals surface area contributed by atoms with Gasteiger partial charge in [0.2, 0.25) is 0 Å². The van der Waals surface area contributed by atoms with E-state index in [0.717, 1.165) is 44.2 Å². The highest BCUT2D eigenvalue weighted by molar-refractivity contribution is 9.10. The number of hydrogen-bond acceptors (Lipinski definition) is 3. The molecule has 0 heterocycles. The lowest BCUT2D eigenvalue weighted by Gasteiger charge is -2.39. The van der Waals surface area contributed by atoms with Crippen molar-refractivity contribution in [3.63, 3.8) is 0 Å². The van der Waals surface area contributed by atoms with Crippen LogP contribution in [0.1, 0.15) is 29.0 Å². The standard InChI is InChI=1S/C29H30BrNO2/c1-31(2)17-16-29(32,24-12-8-5-9-13-24)28(21-10-6-4-7-11-21)26-19-23-18-25(30)15-14-22(23)20-27(26)33-3/h4-15,18-20,28,32H,16-17H2,1-3H3. The smallest absolute Gasteiger partial charge is 0.123 e. The van der Waals surface area contributed by atoms with Crippen LogP contribution in [0.4, 0.5) is 0 Å². The molecule has 4 heteroatoms.